The van der Waals surface area contributed by atoms with Gasteiger partial charge >= 0.3 is 0 Å². The van der Waals surface area contributed by atoms with Gasteiger partial charge in [-0.15, -0.1) is 0 Å². The highest BCUT2D eigenvalue weighted by atomic mass is 16.3. The molecule has 0 amide bonds. The van der Waals surface area contributed by atoms with Crippen LogP contribution in [-0.4, -0.2) is 10.3 Å². The molecule has 0 fully saturated rings. The average Bonchev–Trinajstić information content (AvgIpc) is 3.98. The molecule has 1 aliphatic heterocycles. The van der Waals surface area contributed by atoms with Crippen LogP contribution in [0.15, 0.2) is 208 Å². The number of allylic oxidation sites excluding steroid dienone is 3. The van der Waals surface area contributed by atoms with Crippen LogP contribution in [0.4, 0.5) is 0 Å². The maximum absolute atomic E-state index is 6.63. The Morgan fingerprint density at radius 1 is 0.417 bits per heavy atom. The molecule has 0 bridgehead atoms. The number of rotatable bonds is 5. The maximum Gasteiger partial charge on any atom is 0.139 e. The van der Waals surface area contributed by atoms with Crippen LogP contribution in [0.1, 0.15) is 36.0 Å². The van der Waals surface area contributed by atoms with E-state index < -0.39 is 0 Å². The number of benzene rings is 8. The van der Waals surface area contributed by atoms with Crippen molar-refractivity contribution >= 4 is 82.7 Å². The fraction of sp³-hybridized carbons (Fsp3) is 0.0536. The first-order chi connectivity index (χ1) is 29.7. The summed E-state index contributed by atoms with van der Waals surface area (Å²) in [6.07, 6.45) is 7.46. The molecule has 284 valence electrons. The fourth-order valence-corrected chi connectivity index (χ4v) is 9.19. The molecule has 11 aromatic rings. The first kappa shape index (κ1) is 34.4. The summed E-state index contributed by atoms with van der Waals surface area (Å²) in [5, 5.41) is 6.83. The zero-order chi connectivity index (χ0) is 39.6. The summed E-state index contributed by atoms with van der Waals surface area (Å²) >= 11 is 0. The molecule has 3 aromatic heterocycles. The van der Waals surface area contributed by atoms with Crippen molar-refractivity contribution in [3.8, 4) is 16.8 Å². The van der Waals surface area contributed by atoms with Gasteiger partial charge in [-0.05, 0) is 114 Å². The molecule has 0 radical (unpaired) electrons. The van der Waals surface area contributed by atoms with Crippen LogP contribution in [0.5, 0.6) is 0 Å². The number of aromatic nitrogens is 1. The summed E-state index contributed by atoms with van der Waals surface area (Å²) in [7, 11) is 0. The van der Waals surface area contributed by atoms with Gasteiger partial charge in [-0.3, -0.25) is 0 Å². The van der Waals surface area contributed by atoms with Crippen LogP contribution < -0.4 is 0 Å². The van der Waals surface area contributed by atoms with E-state index in [1.54, 1.807) is 0 Å². The van der Waals surface area contributed by atoms with Crippen LogP contribution in [0.2, 0.25) is 0 Å². The Morgan fingerprint density at radius 2 is 1.00 bits per heavy atom. The van der Waals surface area contributed by atoms with Crippen molar-refractivity contribution in [3.05, 3.63) is 211 Å². The molecule has 0 N–H and O–H groups in total. The van der Waals surface area contributed by atoms with Gasteiger partial charge in [0.05, 0.1) is 22.4 Å². The largest absolute Gasteiger partial charge is 0.456 e. The van der Waals surface area contributed by atoms with Gasteiger partial charge in [-0.25, -0.2) is 4.99 Å². The second-order valence-electron chi connectivity index (χ2n) is 15.8. The smallest absolute Gasteiger partial charge is 0.139 e. The number of para-hydroxylation sites is 2. The van der Waals surface area contributed by atoms with Crippen molar-refractivity contribution in [2.75, 3.05) is 0 Å². The lowest BCUT2D eigenvalue weighted by molar-refractivity contribution is 0.656. The van der Waals surface area contributed by atoms with Gasteiger partial charge in [-0.2, -0.15) is 0 Å². The van der Waals surface area contributed by atoms with Gasteiger partial charge in [-0.1, -0.05) is 121 Å². The van der Waals surface area contributed by atoms with Crippen LogP contribution in [-0.2, 0) is 0 Å². The van der Waals surface area contributed by atoms with Crippen molar-refractivity contribution < 1.29 is 8.83 Å². The lowest BCUT2D eigenvalue weighted by Crippen LogP contribution is -1.99. The molecule has 0 atom stereocenters. The molecule has 12 rings (SSSR count). The number of fused-ring (bicyclic) bond motifs is 9. The van der Waals surface area contributed by atoms with Gasteiger partial charge in [0.2, 0.25) is 0 Å². The third-order valence-electron chi connectivity index (χ3n) is 12.1. The highest BCUT2D eigenvalue weighted by Crippen LogP contribution is 2.40. The SMILES string of the molecule is C1=C(c2ccccc2)/N=C(c2ccccc2)\C=C(\c2ccc3c(c2)oc2cc4oc5cc(-c6ccc7c(c6)c6ccccc6n7-c6ccccc6)ccc5c4cc23)CCC\1. The normalized spacial score (nSPS) is 16.4. The first-order valence-corrected chi connectivity index (χ1v) is 20.7. The highest BCUT2D eigenvalue weighted by Gasteiger charge is 2.18. The number of hydrogen-bond donors (Lipinski definition) is 0. The summed E-state index contributed by atoms with van der Waals surface area (Å²) in [6.45, 7) is 0. The van der Waals surface area contributed by atoms with E-state index in [1.807, 2.05) is 0 Å². The van der Waals surface area contributed by atoms with E-state index in [4.69, 9.17) is 13.8 Å². The van der Waals surface area contributed by atoms with E-state index in [1.165, 1.54) is 27.4 Å². The topological polar surface area (TPSA) is 43.6 Å². The zero-order valence-corrected chi connectivity index (χ0v) is 32.8. The molecule has 0 saturated heterocycles. The van der Waals surface area contributed by atoms with E-state index >= 15 is 0 Å². The maximum atomic E-state index is 6.63. The zero-order valence-electron chi connectivity index (χ0n) is 32.8. The summed E-state index contributed by atoms with van der Waals surface area (Å²) in [5.74, 6) is 0. The average molecular weight is 771 g/mol. The van der Waals surface area contributed by atoms with Crippen molar-refractivity contribution in [3.63, 3.8) is 0 Å². The molecule has 1 aliphatic rings. The minimum absolute atomic E-state index is 0.819. The van der Waals surface area contributed by atoms with Crippen molar-refractivity contribution in [2.24, 2.45) is 4.99 Å². The fourth-order valence-electron chi connectivity index (χ4n) is 9.19. The lowest BCUT2D eigenvalue weighted by Gasteiger charge is -2.10. The molecule has 4 nitrogen and oxygen atoms in total. The summed E-state index contributed by atoms with van der Waals surface area (Å²) < 4.78 is 15.6. The Kier molecular flexibility index (Phi) is 8.02. The molecule has 0 aliphatic carbocycles. The van der Waals surface area contributed by atoms with E-state index in [-0.39, 0.29) is 0 Å². The van der Waals surface area contributed by atoms with E-state index in [9.17, 15) is 0 Å². The molecule has 4 heteroatoms. The summed E-state index contributed by atoms with van der Waals surface area (Å²) in [5.41, 5.74) is 15.8. The summed E-state index contributed by atoms with van der Waals surface area (Å²) in [6, 6.07) is 64.6. The number of nitrogens with zero attached hydrogens (tertiary/aromatic N) is 2. The van der Waals surface area contributed by atoms with Crippen molar-refractivity contribution in [2.45, 2.75) is 19.3 Å². The minimum Gasteiger partial charge on any atom is -0.456 e. The van der Waals surface area contributed by atoms with Crippen LogP contribution >= 0.6 is 0 Å². The summed E-state index contributed by atoms with van der Waals surface area (Å²) in [4.78, 5) is 5.28. The van der Waals surface area contributed by atoms with E-state index in [2.05, 4.69) is 199 Å². The van der Waals surface area contributed by atoms with Gasteiger partial charge in [0.25, 0.3) is 0 Å². The Hall–Kier alpha value is -7.69. The van der Waals surface area contributed by atoms with E-state index in [0.717, 1.165) is 108 Å². The Bertz CT molecular complexity index is 3550. The van der Waals surface area contributed by atoms with Crippen LogP contribution in [0.25, 0.3) is 93.8 Å². The van der Waals surface area contributed by atoms with Gasteiger partial charge in [0.1, 0.15) is 22.3 Å². The van der Waals surface area contributed by atoms with Gasteiger partial charge in [0, 0.05) is 49.6 Å². The van der Waals surface area contributed by atoms with E-state index in [0.29, 0.717) is 0 Å². The number of aliphatic imine (C=N–C) groups is 1. The first-order valence-electron chi connectivity index (χ1n) is 20.7. The molecule has 4 heterocycles. The van der Waals surface area contributed by atoms with Crippen LogP contribution in [0, 0.1) is 0 Å². The molecule has 0 unspecified atom stereocenters. The minimum atomic E-state index is 0.819. The highest BCUT2D eigenvalue weighted by molar-refractivity contribution is 6.17. The number of hydrogen-bond acceptors (Lipinski definition) is 3. The Labute approximate surface area is 346 Å². The second-order valence-corrected chi connectivity index (χ2v) is 15.8. The Balaban J connectivity index is 0.915. The predicted molar refractivity (Wildman–Crippen MR) is 250 cm³/mol. The third kappa shape index (κ3) is 5.79. The molecule has 0 saturated carbocycles. The standard InChI is InChI=1S/C56H38N2O2/c1-4-14-36(15-5-1)49-22-12-10-18-38(31-50(57-49)37-16-6-2-7-17-37)40-24-27-44-47-34-48-45-28-25-41(33-54(45)60-56(48)35-55(47)59-53(44)32-40)39-26-29-52-46(30-39)43-21-11-13-23-51(43)58(52)42-19-8-3-9-20-42/h1-9,11,13-17,19-35H,10,12,18H2/b38-31+,49-22-,57-50+. The molecule has 60 heavy (non-hydrogen) atoms. The molecule has 0 spiro atoms. The monoisotopic (exact) mass is 770 g/mol. The Morgan fingerprint density at radius 3 is 1.75 bits per heavy atom. The number of furan rings is 2. The van der Waals surface area contributed by atoms with Gasteiger partial charge in [0.15, 0.2) is 0 Å². The lowest BCUT2D eigenvalue weighted by atomic mass is 9.96. The molecular formula is C56H38N2O2. The molecule has 8 aromatic carbocycles. The second kappa shape index (κ2) is 14.0. The van der Waals surface area contributed by atoms with Gasteiger partial charge < -0.3 is 13.4 Å². The third-order valence-corrected chi connectivity index (χ3v) is 12.1. The van der Waals surface area contributed by atoms with Crippen molar-refractivity contribution in [1.82, 2.24) is 4.57 Å². The van der Waals surface area contributed by atoms with Crippen molar-refractivity contribution in [1.29, 1.82) is 0 Å². The molecular weight excluding hydrogens is 733 g/mol. The predicted octanol–water partition coefficient (Wildman–Crippen LogP) is 15.3. The van der Waals surface area contributed by atoms with Crippen LogP contribution in [0.3, 0.4) is 0 Å². The quantitative estimate of drug-likeness (QED) is 0.175.